The molecule has 42 heavy (non-hydrogen) atoms. The average molecular weight is 581 g/mol. The van der Waals surface area contributed by atoms with E-state index in [0.29, 0.717) is 54.5 Å². The second kappa shape index (κ2) is 12.2. The zero-order valence-electron chi connectivity index (χ0n) is 22.8. The van der Waals surface area contributed by atoms with Crippen molar-refractivity contribution in [2.24, 2.45) is 0 Å². The Balaban J connectivity index is 1.12. The van der Waals surface area contributed by atoms with Gasteiger partial charge >= 0.3 is 6.09 Å². The molecule has 1 atom stereocenters. The van der Waals surface area contributed by atoms with Gasteiger partial charge in [0.2, 0.25) is 18.1 Å². The number of aromatic nitrogens is 3. The topological polar surface area (TPSA) is 159 Å². The number of hydrogen-bond acceptors (Lipinski definition) is 9. The maximum atomic E-state index is 15.3. The van der Waals surface area contributed by atoms with Gasteiger partial charge in [-0.2, -0.15) is 0 Å². The number of fused-ring (bicyclic) bond motifs is 1. The van der Waals surface area contributed by atoms with E-state index in [9.17, 15) is 24.0 Å². The molecule has 2 saturated heterocycles. The van der Waals surface area contributed by atoms with Gasteiger partial charge in [-0.15, -0.1) is 0 Å². The number of nitrogens with one attached hydrogen (secondary N) is 2. The van der Waals surface area contributed by atoms with E-state index in [1.165, 1.54) is 11.0 Å². The number of carbonyl (C=O) groups is 5. The minimum absolute atomic E-state index is 0.0316. The van der Waals surface area contributed by atoms with Crippen LogP contribution in [-0.4, -0.2) is 101 Å². The molecule has 2 aliphatic heterocycles. The Morgan fingerprint density at radius 1 is 1.17 bits per heavy atom. The summed E-state index contributed by atoms with van der Waals surface area (Å²) in [7, 11) is 0. The molecule has 4 amide bonds. The van der Waals surface area contributed by atoms with Gasteiger partial charge in [-0.05, 0) is 24.6 Å². The van der Waals surface area contributed by atoms with Crippen molar-refractivity contribution in [3.63, 3.8) is 0 Å². The fourth-order valence-electron chi connectivity index (χ4n) is 5.04. The summed E-state index contributed by atoms with van der Waals surface area (Å²) >= 11 is 0. The molecule has 0 spiro atoms. The Morgan fingerprint density at radius 3 is 2.67 bits per heavy atom. The summed E-state index contributed by atoms with van der Waals surface area (Å²) in [4.78, 5) is 72.1. The highest BCUT2D eigenvalue weighted by Crippen LogP contribution is 2.32. The second-order valence-corrected chi connectivity index (χ2v) is 9.97. The van der Waals surface area contributed by atoms with Gasteiger partial charge < -0.3 is 29.6 Å². The molecule has 1 unspecified atom stereocenters. The smallest absolute Gasteiger partial charge is 0.414 e. The van der Waals surface area contributed by atoms with Gasteiger partial charge in [-0.3, -0.25) is 29.1 Å². The predicted molar refractivity (Wildman–Crippen MR) is 146 cm³/mol. The normalized spacial score (nSPS) is 16.9. The summed E-state index contributed by atoms with van der Waals surface area (Å²) in [6, 6.07) is 2.93. The van der Waals surface area contributed by atoms with Crippen LogP contribution in [0.2, 0.25) is 0 Å². The first-order valence-corrected chi connectivity index (χ1v) is 13.3. The highest BCUT2D eigenvalue weighted by Gasteiger charge is 2.34. The van der Waals surface area contributed by atoms with Gasteiger partial charge in [0.1, 0.15) is 11.9 Å². The van der Waals surface area contributed by atoms with E-state index >= 15 is 4.39 Å². The number of piperazine rings is 1. The summed E-state index contributed by atoms with van der Waals surface area (Å²) in [5, 5.41) is 4.98. The van der Waals surface area contributed by atoms with E-state index in [1.54, 1.807) is 47.1 Å². The quantitative estimate of drug-likeness (QED) is 0.259. The predicted octanol–water partition coefficient (Wildman–Crippen LogP) is -0.175. The lowest BCUT2D eigenvalue weighted by Crippen LogP contribution is -2.51. The fraction of sp³-hybridized carbons (Fsp3) is 0.370. The lowest BCUT2D eigenvalue weighted by Gasteiger charge is -2.37. The van der Waals surface area contributed by atoms with Crippen molar-refractivity contribution < 1.29 is 33.1 Å². The highest BCUT2D eigenvalue weighted by atomic mass is 19.1. The van der Waals surface area contributed by atoms with Crippen LogP contribution in [0, 0.1) is 12.7 Å². The van der Waals surface area contributed by atoms with Crippen molar-refractivity contribution in [1.29, 1.82) is 0 Å². The first-order valence-electron chi connectivity index (χ1n) is 13.3. The summed E-state index contributed by atoms with van der Waals surface area (Å²) in [6.45, 7) is 3.10. The largest absolute Gasteiger partial charge is 0.442 e. The fourth-order valence-corrected chi connectivity index (χ4v) is 5.04. The van der Waals surface area contributed by atoms with Gasteiger partial charge in [0.05, 0.1) is 49.3 Å². The van der Waals surface area contributed by atoms with Crippen molar-refractivity contribution in [2.75, 3.05) is 55.6 Å². The molecule has 2 aromatic heterocycles. The molecule has 14 nitrogen and oxygen atoms in total. The first kappa shape index (κ1) is 28.4. The monoisotopic (exact) mass is 580 g/mol. The molecule has 5 rings (SSSR count). The first-order chi connectivity index (χ1) is 20.2. The Kier molecular flexibility index (Phi) is 8.26. The Labute approximate surface area is 239 Å². The van der Waals surface area contributed by atoms with E-state index in [-0.39, 0.29) is 44.2 Å². The molecule has 2 aliphatic rings. The molecule has 2 fully saturated rings. The zero-order chi connectivity index (χ0) is 29.8. The molecular formula is C27H29FN8O6. The Hall–Kier alpha value is -5.08. The van der Waals surface area contributed by atoms with Crippen molar-refractivity contribution in [1.82, 2.24) is 29.9 Å². The van der Waals surface area contributed by atoms with Crippen LogP contribution in [-0.2, 0) is 30.3 Å². The van der Waals surface area contributed by atoms with E-state index in [0.717, 1.165) is 0 Å². The van der Waals surface area contributed by atoms with Gasteiger partial charge in [0.15, 0.2) is 5.65 Å². The number of cyclic esters (lactones) is 1. The van der Waals surface area contributed by atoms with Crippen LogP contribution in [0.25, 0.3) is 5.65 Å². The van der Waals surface area contributed by atoms with Gasteiger partial charge in [-0.1, -0.05) is 0 Å². The zero-order valence-corrected chi connectivity index (χ0v) is 22.8. The number of hydrogen-bond donors (Lipinski definition) is 2. The summed E-state index contributed by atoms with van der Waals surface area (Å²) in [5.74, 6) is -1.90. The molecule has 1 aromatic carbocycles. The molecule has 2 N–H and O–H groups in total. The number of nitrogens with zero attached hydrogens (tertiary/aromatic N) is 6. The molecule has 0 bridgehead atoms. The average Bonchev–Trinajstić information content (AvgIpc) is 3.56. The molecule has 0 aliphatic carbocycles. The number of rotatable bonds is 9. The third-order valence-corrected chi connectivity index (χ3v) is 7.08. The third kappa shape index (κ3) is 6.29. The minimum Gasteiger partial charge on any atom is -0.442 e. The Bertz CT molecular complexity index is 1480. The number of aryl methyl sites for hydroxylation is 1. The number of benzene rings is 1. The molecule has 220 valence electrons. The van der Waals surface area contributed by atoms with Gasteiger partial charge in [0, 0.05) is 44.8 Å². The third-order valence-electron chi connectivity index (χ3n) is 7.08. The van der Waals surface area contributed by atoms with Crippen molar-refractivity contribution >= 4 is 47.1 Å². The summed E-state index contributed by atoms with van der Waals surface area (Å²) in [6.07, 6.45) is 5.48. The SMILES string of the molecule is Cc1cc(N2CC(CNC(=O)C=O)OC2=O)cc(F)c1N1CCN(C(=O)CNC(=O)Cc2cn3ccncc3n2)CC1. The maximum absolute atomic E-state index is 15.3. The van der Waals surface area contributed by atoms with E-state index in [1.807, 2.05) is 4.90 Å². The van der Waals surface area contributed by atoms with Crippen molar-refractivity contribution in [2.45, 2.75) is 19.4 Å². The molecule has 4 heterocycles. The van der Waals surface area contributed by atoms with Crippen LogP contribution in [0.4, 0.5) is 20.6 Å². The lowest BCUT2D eigenvalue weighted by molar-refractivity contribution is -0.133. The lowest BCUT2D eigenvalue weighted by atomic mass is 10.1. The van der Waals surface area contributed by atoms with Crippen LogP contribution in [0.3, 0.4) is 0 Å². The van der Waals surface area contributed by atoms with Gasteiger partial charge in [-0.25, -0.2) is 14.2 Å². The van der Waals surface area contributed by atoms with E-state index < -0.39 is 23.9 Å². The minimum atomic E-state index is -0.820. The van der Waals surface area contributed by atoms with Crippen LogP contribution in [0.15, 0.2) is 36.9 Å². The van der Waals surface area contributed by atoms with Crippen molar-refractivity contribution in [3.05, 3.63) is 54.0 Å². The molecular weight excluding hydrogens is 551 g/mol. The number of halogens is 1. The number of amides is 4. The summed E-state index contributed by atoms with van der Waals surface area (Å²) < 4.78 is 22.3. The number of carbonyl (C=O) groups excluding carboxylic acids is 5. The maximum Gasteiger partial charge on any atom is 0.414 e. The number of ether oxygens (including phenoxy) is 1. The van der Waals surface area contributed by atoms with Crippen molar-refractivity contribution in [3.8, 4) is 0 Å². The standard InChI is InChI=1S/C27H29FN8O6/c1-17-8-19(36-15-20(42-27(36)41)11-30-24(39)16-37)10-21(28)26(17)34-6-4-33(5-7-34)25(40)13-31-23(38)9-18-14-35-3-2-29-12-22(35)32-18/h2-3,8,10,12,14,16,20H,4-7,9,11,13,15H2,1H3,(H,30,39)(H,31,38). The number of imidazole rings is 1. The second-order valence-electron chi connectivity index (χ2n) is 9.97. The van der Waals surface area contributed by atoms with Gasteiger partial charge in [0.25, 0.3) is 5.91 Å². The van der Waals surface area contributed by atoms with E-state index in [2.05, 4.69) is 20.6 Å². The molecule has 3 aromatic rings. The van der Waals surface area contributed by atoms with Crippen LogP contribution in [0.5, 0.6) is 0 Å². The Morgan fingerprint density at radius 2 is 1.95 bits per heavy atom. The molecule has 0 saturated carbocycles. The number of anilines is 2. The van der Waals surface area contributed by atoms with Crippen LogP contribution >= 0.6 is 0 Å². The molecule has 0 radical (unpaired) electrons. The molecule has 15 heteroatoms. The van der Waals surface area contributed by atoms with Crippen LogP contribution < -0.4 is 20.4 Å². The van der Waals surface area contributed by atoms with Crippen LogP contribution in [0.1, 0.15) is 11.3 Å². The summed E-state index contributed by atoms with van der Waals surface area (Å²) in [5.41, 5.74) is 2.48. The number of aldehydes is 1. The highest BCUT2D eigenvalue weighted by molar-refractivity contribution is 6.23. The van der Waals surface area contributed by atoms with E-state index in [4.69, 9.17) is 4.74 Å².